The zero-order valence-electron chi connectivity index (χ0n) is 15.0. The van der Waals surface area contributed by atoms with E-state index < -0.39 is 28.3 Å². The molecule has 10 heteroatoms. The van der Waals surface area contributed by atoms with Crippen LogP contribution in [0.3, 0.4) is 0 Å². The number of imide groups is 2. The number of ether oxygens (including phenoxy) is 2. The Hall–Kier alpha value is -4.21. The summed E-state index contributed by atoms with van der Waals surface area (Å²) in [6, 6.07) is 8.09. The number of amides is 4. The van der Waals surface area contributed by atoms with Crippen molar-refractivity contribution < 1.29 is 28.8 Å². The SMILES string of the molecule is Cc1ccc(N2C(=O)NC(=O)/C(=C\c3cc4c(cc3[N+](=O)[O-])OCO4)C2=O)cc1. The van der Waals surface area contributed by atoms with Gasteiger partial charge in [0.05, 0.1) is 22.2 Å². The summed E-state index contributed by atoms with van der Waals surface area (Å²) in [6.45, 7) is 1.75. The van der Waals surface area contributed by atoms with Crippen molar-refractivity contribution in [2.45, 2.75) is 6.92 Å². The van der Waals surface area contributed by atoms with E-state index in [4.69, 9.17) is 9.47 Å². The van der Waals surface area contributed by atoms with Crippen molar-refractivity contribution in [2.75, 3.05) is 11.7 Å². The van der Waals surface area contributed by atoms with Crippen LogP contribution >= 0.6 is 0 Å². The van der Waals surface area contributed by atoms with Gasteiger partial charge in [0.25, 0.3) is 17.5 Å². The lowest BCUT2D eigenvalue weighted by Gasteiger charge is -2.26. The van der Waals surface area contributed by atoms with Crippen LogP contribution in [-0.4, -0.2) is 29.6 Å². The molecule has 2 aromatic rings. The molecule has 4 amide bonds. The van der Waals surface area contributed by atoms with Crippen molar-refractivity contribution in [2.24, 2.45) is 0 Å². The second-order valence-electron chi connectivity index (χ2n) is 6.31. The molecule has 10 nitrogen and oxygen atoms in total. The topological polar surface area (TPSA) is 128 Å². The minimum atomic E-state index is -0.949. The molecule has 0 spiro atoms. The van der Waals surface area contributed by atoms with Gasteiger partial charge in [0.2, 0.25) is 6.79 Å². The van der Waals surface area contributed by atoms with E-state index in [2.05, 4.69) is 5.32 Å². The van der Waals surface area contributed by atoms with Crippen LogP contribution in [-0.2, 0) is 9.59 Å². The van der Waals surface area contributed by atoms with Crippen LogP contribution in [0.4, 0.5) is 16.2 Å². The maximum absolute atomic E-state index is 12.9. The highest BCUT2D eigenvalue weighted by Gasteiger charge is 2.37. The summed E-state index contributed by atoms with van der Waals surface area (Å²) in [5.74, 6) is -1.41. The lowest BCUT2D eigenvalue weighted by molar-refractivity contribution is -0.385. The average Bonchev–Trinajstić information content (AvgIpc) is 3.13. The summed E-state index contributed by atoms with van der Waals surface area (Å²) in [4.78, 5) is 49.0. The molecule has 2 aliphatic rings. The number of urea groups is 1. The summed E-state index contributed by atoms with van der Waals surface area (Å²) in [7, 11) is 0. The van der Waals surface area contributed by atoms with Gasteiger partial charge >= 0.3 is 6.03 Å². The van der Waals surface area contributed by atoms with Gasteiger partial charge in [-0.1, -0.05) is 17.7 Å². The van der Waals surface area contributed by atoms with Crippen LogP contribution in [0.2, 0.25) is 0 Å². The van der Waals surface area contributed by atoms with Gasteiger partial charge in [-0.3, -0.25) is 25.0 Å². The van der Waals surface area contributed by atoms with Crippen molar-refractivity contribution >= 4 is 35.3 Å². The smallest absolute Gasteiger partial charge is 0.335 e. The molecule has 2 heterocycles. The molecule has 2 aliphatic heterocycles. The minimum absolute atomic E-state index is 0.0315. The number of hydrogen-bond acceptors (Lipinski definition) is 7. The third-order valence-corrected chi connectivity index (χ3v) is 4.41. The van der Waals surface area contributed by atoms with Crippen molar-refractivity contribution in [1.29, 1.82) is 0 Å². The van der Waals surface area contributed by atoms with Gasteiger partial charge in [-0.05, 0) is 31.2 Å². The maximum atomic E-state index is 12.9. The van der Waals surface area contributed by atoms with Gasteiger partial charge in [0.15, 0.2) is 11.5 Å². The van der Waals surface area contributed by atoms with Gasteiger partial charge in [-0.25, -0.2) is 9.69 Å². The van der Waals surface area contributed by atoms with E-state index in [9.17, 15) is 24.5 Å². The standard InChI is InChI=1S/C19H13N3O7/c1-10-2-4-12(5-3-10)21-18(24)13(17(23)20-19(21)25)6-11-7-15-16(29-9-28-15)8-14(11)22(26)27/h2-8H,9H2,1H3,(H,20,23,25)/b13-6+. The first-order valence-corrected chi connectivity index (χ1v) is 8.41. The van der Waals surface area contributed by atoms with Crippen molar-refractivity contribution in [3.05, 3.63) is 63.2 Å². The molecule has 0 saturated carbocycles. The number of aryl methyl sites for hydroxylation is 1. The van der Waals surface area contributed by atoms with E-state index in [0.717, 1.165) is 22.6 Å². The predicted octanol–water partition coefficient (Wildman–Crippen LogP) is 2.30. The van der Waals surface area contributed by atoms with Crippen LogP contribution in [0.15, 0.2) is 42.0 Å². The van der Waals surface area contributed by atoms with E-state index in [1.165, 1.54) is 6.07 Å². The molecule has 0 unspecified atom stereocenters. The fourth-order valence-corrected chi connectivity index (χ4v) is 2.96. The van der Waals surface area contributed by atoms with E-state index in [-0.39, 0.29) is 35.2 Å². The lowest BCUT2D eigenvalue weighted by atomic mass is 10.0. The zero-order valence-corrected chi connectivity index (χ0v) is 15.0. The van der Waals surface area contributed by atoms with Crippen molar-refractivity contribution in [1.82, 2.24) is 5.32 Å². The highest BCUT2D eigenvalue weighted by Crippen LogP contribution is 2.39. The number of fused-ring (bicyclic) bond motifs is 1. The fourth-order valence-electron chi connectivity index (χ4n) is 2.96. The number of nitrogens with zero attached hydrogens (tertiary/aromatic N) is 2. The fraction of sp³-hybridized carbons (Fsp3) is 0.105. The molecular weight excluding hydrogens is 382 g/mol. The number of rotatable bonds is 3. The summed E-state index contributed by atoms with van der Waals surface area (Å²) in [6.07, 6.45) is 1.06. The third-order valence-electron chi connectivity index (χ3n) is 4.41. The number of hydrogen-bond donors (Lipinski definition) is 1. The average molecular weight is 395 g/mol. The predicted molar refractivity (Wildman–Crippen MR) is 99.4 cm³/mol. The molecule has 0 aromatic heterocycles. The molecule has 0 aliphatic carbocycles. The van der Waals surface area contributed by atoms with Crippen LogP contribution in [0.25, 0.3) is 6.08 Å². The number of nitro groups is 1. The Labute approximate surface area is 163 Å². The molecule has 1 fully saturated rings. The molecule has 0 bridgehead atoms. The number of barbiturate groups is 1. The molecular formula is C19H13N3O7. The van der Waals surface area contributed by atoms with Gasteiger partial charge in [-0.15, -0.1) is 0 Å². The highest BCUT2D eigenvalue weighted by atomic mass is 16.7. The zero-order chi connectivity index (χ0) is 20.7. The maximum Gasteiger partial charge on any atom is 0.335 e. The first kappa shape index (κ1) is 18.2. The van der Waals surface area contributed by atoms with Crippen molar-refractivity contribution in [3.63, 3.8) is 0 Å². The second-order valence-corrected chi connectivity index (χ2v) is 6.31. The number of anilines is 1. The Morgan fingerprint density at radius 1 is 1.10 bits per heavy atom. The Kier molecular flexibility index (Phi) is 4.23. The molecule has 146 valence electrons. The first-order chi connectivity index (χ1) is 13.8. The molecule has 2 aromatic carbocycles. The number of nitro benzene ring substituents is 1. The Bertz CT molecular complexity index is 1110. The van der Waals surface area contributed by atoms with Crippen molar-refractivity contribution in [3.8, 4) is 11.5 Å². The quantitative estimate of drug-likeness (QED) is 0.365. The molecule has 0 radical (unpaired) electrons. The number of nitrogens with one attached hydrogen (secondary N) is 1. The summed E-state index contributed by atoms with van der Waals surface area (Å²) in [5, 5.41) is 13.5. The van der Waals surface area contributed by atoms with Crippen LogP contribution in [0.1, 0.15) is 11.1 Å². The summed E-state index contributed by atoms with van der Waals surface area (Å²) >= 11 is 0. The van der Waals surface area contributed by atoms with Crippen LogP contribution in [0, 0.1) is 17.0 Å². The Morgan fingerprint density at radius 2 is 1.76 bits per heavy atom. The minimum Gasteiger partial charge on any atom is -0.454 e. The Morgan fingerprint density at radius 3 is 2.41 bits per heavy atom. The molecule has 0 atom stereocenters. The molecule has 4 rings (SSSR count). The summed E-state index contributed by atoms with van der Waals surface area (Å²) < 4.78 is 10.3. The van der Waals surface area contributed by atoms with E-state index in [0.29, 0.717) is 0 Å². The highest BCUT2D eigenvalue weighted by molar-refractivity contribution is 6.39. The van der Waals surface area contributed by atoms with E-state index >= 15 is 0 Å². The molecule has 1 N–H and O–H groups in total. The molecule has 29 heavy (non-hydrogen) atoms. The third kappa shape index (κ3) is 3.16. The largest absolute Gasteiger partial charge is 0.454 e. The van der Waals surface area contributed by atoms with Gasteiger partial charge < -0.3 is 9.47 Å². The van der Waals surface area contributed by atoms with Crippen LogP contribution in [0.5, 0.6) is 11.5 Å². The number of benzene rings is 2. The lowest BCUT2D eigenvalue weighted by Crippen LogP contribution is -2.54. The Balaban J connectivity index is 1.79. The normalized spacial score (nSPS) is 16.9. The van der Waals surface area contributed by atoms with E-state index in [1.54, 1.807) is 24.3 Å². The first-order valence-electron chi connectivity index (χ1n) is 8.41. The van der Waals surface area contributed by atoms with Gasteiger partial charge in [-0.2, -0.15) is 0 Å². The summed E-state index contributed by atoms with van der Waals surface area (Å²) in [5.41, 5.74) is 0.349. The van der Waals surface area contributed by atoms with Crippen LogP contribution < -0.4 is 19.7 Å². The van der Waals surface area contributed by atoms with E-state index in [1.807, 2.05) is 6.92 Å². The van der Waals surface area contributed by atoms with Gasteiger partial charge in [0.1, 0.15) is 5.57 Å². The number of carbonyl (C=O) groups excluding carboxylic acids is 3. The van der Waals surface area contributed by atoms with Gasteiger partial charge in [0, 0.05) is 0 Å². The monoisotopic (exact) mass is 395 g/mol. The second kappa shape index (κ2) is 6.75. The number of carbonyl (C=O) groups is 3. The molecule has 1 saturated heterocycles.